The number of benzene rings is 1. The summed E-state index contributed by atoms with van der Waals surface area (Å²) in [6, 6.07) is 5.40. The van der Waals surface area contributed by atoms with Gasteiger partial charge in [-0.1, -0.05) is 39.0 Å². The van der Waals surface area contributed by atoms with E-state index in [0.717, 1.165) is 18.4 Å². The normalized spacial score (nSPS) is 18.2. The maximum absolute atomic E-state index is 12.0. The van der Waals surface area contributed by atoms with E-state index < -0.39 is 0 Å². The molecule has 108 valence electrons. The Labute approximate surface area is 120 Å². The first-order valence-corrected chi connectivity index (χ1v) is 7.16. The number of nitrogens with one attached hydrogen (secondary N) is 1. The summed E-state index contributed by atoms with van der Waals surface area (Å²) in [4.78, 5) is 12.0. The first-order valence-electron chi connectivity index (χ1n) is 7.16. The van der Waals surface area contributed by atoms with Crippen LogP contribution in [0, 0.1) is 5.92 Å². The lowest BCUT2D eigenvalue weighted by atomic mass is 9.87. The van der Waals surface area contributed by atoms with Gasteiger partial charge in [0.1, 0.15) is 5.75 Å². The molecule has 1 aliphatic rings. The molecule has 0 heterocycles. The van der Waals surface area contributed by atoms with Gasteiger partial charge in [-0.2, -0.15) is 0 Å². The van der Waals surface area contributed by atoms with Gasteiger partial charge in [-0.3, -0.25) is 4.79 Å². The summed E-state index contributed by atoms with van der Waals surface area (Å²) in [5.74, 6) is 0.416. The second kappa shape index (κ2) is 5.70. The number of phenols is 1. The Hall–Kier alpha value is -1.77. The van der Waals surface area contributed by atoms with Crippen LogP contribution in [0.2, 0.25) is 0 Å². The van der Waals surface area contributed by atoms with Gasteiger partial charge in [0.25, 0.3) is 0 Å². The molecule has 3 nitrogen and oxygen atoms in total. The highest BCUT2D eigenvalue weighted by atomic mass is 16.3. The van der Waals surface area contributed by atoms with E-state index in [-0.39, 0.29) is 17.1 Å². The topological polar surface area (TPSA) is 49.3 Å². The second-order valence-corrected chi connectivity index (χ2v) is 6.50. The number of aromatic hydroxyl groups is 1. The molecule has 1 aromatic carbocycles. The number of phenolic OH excluding ortho intramolecular Hbond substituents is 1. The molecule has 1 unspecified atom stereocenters. The molecular formula is C17H23NO2. The first-order chi connectivity index (χ1) is 9.36. The highest BCUT2D eigenvalue weighted by Crippen LogP contribution is 2.31. The maximum Gasteiger partial charge on any atom is 0.225 e. The van der Waals surface area contributed by atoms with Crippen LogP contribution >= 0.6 is 0 Å². The molecule has 0 fully saturated rings. The van der Waals surface area contributed by atoms with Crippen LogP contribution in [0.3, 0.4) is 0 Å². The Balaban J connectivity index is 2.08. The third-order valence-corrected chi connectivity index (χ3v) is 3.70. The van der Waals surface area contributed by atoms with Crippen LogP contribution in [0.1, 0.15) is 45.6 Å². The summed E-state index contributed by atoms with van der Waals surface area (Å²) < 4.78 is 0. The van der Waals surface area contributed by atoms with E-state index in [4.69, 9.17) is 0 Å². The quantitative estimate of drug-likeness (QED) is 0.646. The van der Waals surface area contributed by atoms with Crippen molar-refractivity contribution in [3.05, 3.63) is 35.9 Å². The first kappa shape index (κ1) is 14.6. The van der Waals surface area contributed by atoms with Crippen LogP contribution in [0.25, 0.3) is 0 Å². The fraction of sp³-hybridized carbons (Fsp3) is 0.471. The molecule has 3 heteroatoms. The second-order valence-electron chi connectivity index (χ2n) is 6.50. The highest BCUT2D eigenvalue weighted by molar-refractivity contribution is 5.92. The van der Waals surface area contributed by atoms with Crippen molar-refractivity contribution in [2.24, 2.45) is 5.92 Å². The van der Waals surface area contributed by atoms with E-state index in [2.05, 4.69) is 38.2 Å². The molecule has 1 amide bonds. The van der Waals surface area contributed by atoms with Gasteiger partial charge in [0.15, 0.2) is 0 Å². The minimum absolute atomic E-state index is 0.0125. The summed E-state index contributed by atoms with van der Waals surface area (Å²) in [6.45, 7) is 6.32. The van der Waals surface area contributed by atoms with Gasteiger partial charge in [-0.25, -0.2) is 0 Å². The zero-order valence-electron chi connectivity index (χ0n) is 12.4. The van der Waals surface area contributed by atoms with Gasteiger partial charge in [0, 0.05) is 6.42 Å². The van der Waals surface area contributed by atoms with Crippen molar-refractivity contribution >= 4 is 11.6 Å². The zero-order valence-corrected chi connectivity index (χ0v) is 12.4. The Morgan fingerprint density at radius 3 is 2.75 bits per heavy atom. The summed E-state index contributed by atoms with van der Waals surface area (Å²) in [7, 11) is 0. The predicted molar refractivity (Wildman–Crippen MR) is 81.9 cm³/mol. The largest absolute Gasteiger partial charge is 0.506 e. The van der Waals surface area contributed by atoms with Crippen molar-refractivity contribution in [2.45, 2.75) is 45.4 Å². The smallest absolute Gasteiger partial charge is 0.225 e. The van der Waals surface area contributed by atoms with Crippen molar-refractivity contribution in [3.63, 3.8) is 0 Å². The summed E-state index contributed by atoms with van der Waals surface area (Å²) in [6.07, 6.45) is 6.81. The standard InChI is InChI=1S/C17H23NO2/c1-17(2,3)13-8-9-15(19)14(11-13)18-16(20)10-12-6-4-5-7-12/h4,6,8-9,11-12,19H,5,7,10H2,1-3H3,(H,18,20). The van der Waals surface area contributed by atoms with Crippen LogP contribution < -0.4 is 5.32 Å². The third-order valence-electron chi connectivity index (χ3n) is 3.70. The lowest BCUT2D eigenvalue weighted by Crippen LogP contribution is -2.16. The van der Waals surface area contributed by atoms with Crippen molar-refractivity contribution in [1.29, 1.82) is 0 Å². The van der Waals surface area contributed by atoms with Gasteiger partial charge in [-0.15, -0.1) is 0 Å². The van der Waals surface area contributed by atoms with Crippen LogP contribution in [-0.2, 0) is 10.2 Å². The van der Waals surface area contributed by atoms with Crippen LogP contribution in [0.15, 0.2) is 30.4 Å². The van der Waals surface area contributed by atoms with Crippen molar-refractivity contribution in [2.75, 3.05) is 5.32 Å². The van der Waals surface area contributed by atoms with E-state index >= 15 is 0 Å². The molecule has 0 aromatic heterocycles. The van der Waals surface area contributed by atoms with E-state index in [1.165, 1.54) is 0 Å². The molecule has 0 saturated carbocycles. The van der Waals surface area contributed by atoms with E-state index in [1.54, 1.807) is 6.07 Å². The monoisotopic (exact) mass is 273 g/mol. The number of carbonyl (C=O) groups excluding carboxylic acids is 1. The van der Waals surface area contributed by atoms with Crippen LogP contribution in [0.4, 0.5) is 5.69 Å². The summed E-state index contributed by atoms with van der Waals surface area (Å²) in [5.41, 5.74) is 1.58. The number of carbonyl (C=O) groups is 1. The molecule has 1 atom stereocenters. The van der Waals surface area contributed by atoms with E-state index in [9.17, 15) is 9.90 Å². The molecule has 20 heavy (non-hydrogen) atoms. The lowest BCUT2D eigenvalue weighted by molar-refractivity contribution is -0.116. The fourth-order valence-electron chi connectivity index (χ4n) is 2.41. The van der Waals surface area contributed by atoms with Crippen molar-refractivity contribution in [3.8, 4) is 5.75 Å². The molecule has 0 saturated heterocycles. The molecule has 2 N–H and O–H groups in total. The average Bonchev–Trinajstić information content (AvgIpc) is 2.83. The van der Waals surface area contributed by atoms with Crippen molar-refractivity contribution in [1.82, 2.24) is 0 Å². The molecule has 0 spiro atoms. The van der Waals surface area contributed by atoms with Crippen LogP contribution in [-0.4, -0.2) is 11.0 Å². The Kier molecular flexibility index (Phi) is 4.17. The Morgan fingerprint density at radius 1 is 1.40 bits per heavy atom. The van der Waals surface area contributed by atoms with E-state index in [0.29, 0.717) is 18.0 Å². The van der Waals surface area contributed by atoms with Gasteiger partial charge in [-0.05, 0) is 41.9 Å². The summed E-state index contributed by atoms with van der Waals surface area (Å²) >= 11 is 0. The number of rotatable bonds is 3. The zero-order chi connectivity index (χ0) is 14.8. The number of hydrogen-bond donors (Lipinski definition) is 2. The van der Waals surface area contributed by atoms with Gasteiger partial charge in [0.05, 0.1) is 5.69 Å². The van der Waals surface area contributed by atoms with Gasteiger partial charge < -0.3 is 10.4 Å². The third kappa shape index (κ3) is 3.62. The Bertz CT molecular complexity index is 526. The molecular weight excluding hydrogens is 250 g/mol. The molecule has 2 rings (SSSR count). The summed E-state index contributed by atoms with van der Waals surface area (Å²) in [5, 5.41) is 12.7. The molecule has 0 aliphatic heterocycles. The minimum atomic E-state index is -0.0390. The minimum Gasteiger partial charge on any atom is -0.506 e. The van der Waals surface area contributed by atoms with Gasteiger partial charge in [0.2, 0.25) is 5.91 Å². The molecule has 0 bridgehead atoms. The number of anilines is 1. The van der Waals surface area contributed by atoms with Crippen LogP contribution in [0.5, 0.6) is 5.75 Å². The SMILES string of the molecule is CC(C)(C)c1ccc(O)c(NC(=O)CC2C=CCC2)c1. The number of allylic oxidation sites excluding steroid dienone is 2. The average molecular weight is 273 g/mol. The predicted octanol–water partition coefficient (Wildman–Crippen LogP) is 3.98. The fourth-order valence-corrected chi connectivity index (χ4v) is 2.41. The van der Waals surface area contributed by atoms with Crippen molar-refractivity contribution < 1.29 is 9.90 Å². The molecule has 1 aromatic rings. The lowest BCUT2D eigenvalue weighted by Gasteiger charge is -2.20. The van der Waals surface area contributed by atoms with Gasteiger partial charge >= 0.3 is 0 Å². The number of hydrogen-bond acceptors (Lipinski definition) is 2. The Morgan fingerprint density at radius 2 is 2.15 bits per heavy atom. The molecule has 0 radical (unpaired) electrons. The highest BCUT2D eigenvalue weighted by Gasteiger charge is 2.18. The molecule has 1 aliphatic carbocycles. The maximum atomic E-state index is 12.0. The van der Waals surface area contributed by atoms with E-state index in [1.807, 2.05) is 12.1 Å². The number of amides is 1.